The van der Waals surface area contributed by atoms with Crippen molar-refractivity contribution in [1.82, 2.24) is 9.97 Å². The minimum Gasteiger partial charge on any atom is -0.382 e. The van der Waals surface area contributed by atoms with Crippen LogP contribution in [-0.4, -0.2) is 17.0 Å². The molecule has 16 heavy (non-hydrogen) atoms. The monoisotopic (exact) mass is 218 g/mol. The molecule has 1 heterocycles. The molecule has 0 radical (unpaired) electrons. The van der Waals surface area contributed by atoms with Crippen molar-refractivity contribution in [2.24, 2.45) is 0 Å². The molecule has 0 saturated heterocycles. The normalized spacial score (nSPS) is 10.1. The lowest BCUT2D eigenvalue weighted by Crippen LogP contribution is -2.11. The number of nitrogens with two attached hydrogens (primary N) is 1. The van der Waals surface area contributed by atoms with Gasteiger partial charge in [0.05, 0.1) is 12.4 Å². The summed E-state index contributed by atoms with van der Waals surface area (Å²) < 4.78 is 13.0. The Kier molecular flexibility index (Phi) is 2.68. The molecule has 0 unspecified atom stereocenters. The van der Waals surface area contributed by atoms with Crippen LogP contribution in [0.25, 0.3) is 0 Å². The van der Waals surface area contributed by atoms with E-state index in [2.05, 4.69) is 9.97 Å². The third kappa shape index (κ3) is 2.08. The van der Waals surface area contributed by atoms with Crippen molar-refractivity contribution < 1.29 is 4.39 Å². The molecule has 0 saturated carbocycles. The zero-order valence-electron chi connectivity index (χ0n) is 8.76. The van der Waals surface area contributed by atoms with Crippen molar-refractivity contribution in [3.63, 3.8) is 0 Å². The Hall–Kier alpha value is -2.17. The third-order valence-electron chi connectivity index (χ3n) is 2.20. The summed E-state index contributed by atoms with van der Waals surface area (Å²) in [5.41, 5.74) is 6.14. The van der Waals surface area contributed by atoms with Crippen molar-refractivity contribution in [1.29, 1.82) is 0 Å². The minimum absolute atomic E-state index is 0.284. The van der Waals surface area contributed by atoms with Crippen LogP contribution in [0.15, 0.2) is 36.7 Å². The average Bonchev–Trinajstić information content (AvgIpc) is 2.29. The molecular weight excluding hydrogens is 207 g/mol. The van der Waals surface area contributed by atoms with Gasteiger partial charge in [0.2, 0.25) is 0 Å². The maximum Gasteiger partial charge on any atom is 0.151 e. The topological polar surface area (TPSA) is 55.0 Å². The first kappa shape index (κ1) is 10.4. The van der Waals surface area contributed by atoms with Crippen LogP contribution in [0.1, 0.15) is 0 Å². The molecule has 2 aromatic rings. The summed E-state index contributed by atoms with van der Waals surface area (Å²) in [6.07, 6.45) is 3.01. The number of rotatable bonds is 2. The van der Waals surface area contributed by atoms with Crippen LogP contribution in [-0.2, 0) is 0 Å². The molecule has 0 aliphatic heterocycles. The molecule has 1 aromatic heterocycles. The van der Waals surface area contributed by atoms with Gasteiger partial charge >= 0.3 is 0 Å². The highest BCUT2D eigenvalue weighted by Crippen LogP contribution is 2.21. The second-order valence-electron chi connectivity index (χ2n) is 3.34. The summed E-state index contributed by atoms with van der Waals surface area (Å²) in [7, 11) is 1.79. The summed E-state index contributed by atoms with van der Waals surface area (Å²) in [5.74, 6) is 0.684. The Morgan fingerprint density at radius 2 is 2.06 bits per heavy atom. The molecule has 0 spiro atoms. The highest BCUT2D eigenvalue weighted by atomic mass is 19.1. The lowest BCUT2D eigenvalue weighted by molar-refractivity contribution is 0.628. The number of nitrogens with zero attached hydrogens (tertiary/aromatic N) is 3. The number of halogens is 1. The maximum absolute atomic E-state index is 13.0. The van der Waals surface area contributed by atoms with E-state index < -0.39 is 0 Å². The summed E-state index contributed by atoms with van der Waals surface area (Å²) in [6, 6.07) is 6.26. The van der Waals surface area contributed by atoms with E-state index in [1.807, 2.05) is 0 Å². The number of hydrogen-bond acceptors (Lipinski definition) is 4. The second-order valence-corrected chi connectivity index (χ2v) is 3.34. The van der Waals surface area contributed by atoms with E-state index in [0.717, 1.165) is 0 Å². The van der Waals surface area contributed by atoms with E-state index in [0.29, 0.717) is 17.3 Å². The molecule has 0 aliphatic rings. The Balaban J connectivity index is 2.31. The quantitative estimate of drug-likeness (QED) is 0.837. The van der Waals surface area contributed by atoms with Crippen LogP contribution in [0.4, 0.5) is 21.7 Å². The summed E-state index contributed by atoms with van der Waals surface area (Å²) in [4.78, 5) is 9.76. The van der Waals surface area contributed by atoms with Crippen molar-refractivity contribution in [3.05, 3.63) is 42.5 Å². The molecular formula is C11H11FN4. The predicted molar refractivity (Wildman–Crippen MR) is 60.9 cm³/mol. The van der Waals surface area contributed by atoms with Gasteiger partial charge in [0.1, 0.15) is 11.6 Å². The second kappa shape index (κ2) is 4.14. The summed E-state index contributed by atoms with van der Waals surface area (Å²) >= 11 is 0. The Bertz CT molecular complexity index is 484. The smallest absolute Gasteiger partial charge is 0.151 e. The molecule has 82 valence electrons. The van der Waals surface area contributed by atoms with Crippen LogP contribution < -0.4 is 10.6 Å². The van der Waals surface area contributed by atoms with Gasteiger partial charge in [-0.3, -0.25) is 0 Å². The molecule has 0 bridgehead atoms. The van der Waals surface area contributed by atoms with Gasteiger partial charge in [-0.05, 0) is 18.2 Å². The molecule has 2 rings (SSSR count). The highest BCUT2D eigenvalue weighted by molar-refractivity contribution is 5.58. The van der Waals surface area contributed by atoms with Crippen LogP contribution in [0.5, 0.6) is 0 Å². The first-order valence-corrected chi connectivity index (χ1v) is 4.73. The van der Waals surface area contributed by atoms with Gasteiger partial charge in [0, 0.05) is 12.7 Å². The predicted octanol–water partition coefficient (Wildman–Crippen LogP) is 1.97. The van der Waals surface area contributed by atoms with Gasteiger partial charge in [-0.15, -0.1) is 0 Å². The molecule has 0 atom stereocenters. The number of aromatic nitrogens is 2. The van der Waals surface area contributed by atoms with Crippen LogP contribution >= 0.6 is 0 Å². The standard InChI is InChI=1S/C11H11FN4/c1-16(9-4-2-3-8(12)5-9)11-7-14-10(13)6-15-11/h2-7H,1H3,(H2,13,14). The van der Waals surface area contributed by atoms with E-state index in [1.54, 1.807) is 30.3 Å². The lowest BCUT2D eigenvalue weighted by Gasteiger charge is -2.17. The van der Waals surface area contributed by atoms with E-state index in [-0.39, 0.29) is 5.82 Å². The van der Waals surface area contributed by atoms with E-state index in [1.165, 1.54) is 18.3 Å². The van der Waals surface area contributed by atoms with Gasteiger partial charge in [0.25, 0.3) is 0 Å². The number of anilines is 3. The van der Waals surface area contributed by atoms with Gasteiger partial charge in [-0.2, -0.15) is 0 Å². The number of nitrogen functional groups attached to an aromatic ring is 1. The van der Waals surface area contributed by atoms with Crippen molar-refractivity contribution >= 4 is 17.3 Å². The summed E-state index contributed by atoms with van der Waals surface area (Å²) in [6.45, 7) is 0. The van der Waals surface area contributed by atoms with Crippen molar-refractivity contribution in [3.8, 4) is 0 Å². The van der Waals surface area contributed by atoms with Crippen LogP contribution in [0.3, 0.4) is 0 Å². The zero-order valence-corrected chi connectivity index (χ0v) is 8.76. The molecule has 0 fully saturated rings. The van der Waals surface area contributed by atoms with Gasteiger partial charge in [-0.25, -0.2) is 14.4 Å². The zero-order chi connectivity index (χ0) is 11.5. The van der Waals surface area contributed by atoms with Crippen LogP contribution in [0.2, 0.25) is 0 Å². The van der Waals surface area contributed by atoms with Gasteiger partial charge < -0.3 is 10.6 Å². The Morgan fingerprint density at radius 1 is 1.25 bits per heavy atom. The van der Waals surface area contributed by atoms with Crippen molar-refractivity contribution in [2.75, 3.05) is 17.7 Å². The minimum atomic E-state index is -0.284. The third-order valence-corrected chi connectivity index (χ3v) is 2.20. The molecule has 0 amide bonds. The Morgan fingerprint density at radius 3 is 2.69 bits per heavy atom. The fourth-order valence-corrected chi connectivity index (χ4v) is 1.32. The largest absolute Gasteiger partial charge is 0.382 e. The maximum atomic E-state index is 13.0. The van der Waals surface area contributed by atoms with E-state index in [4.69, 9.17) is 5.73 Å². The SMILES string of the molecule is CN(c1cccc(F)c1)c1cnc(N)cn1. The average molecular weight is 218 g/mol. The Labute approximate surface area is 92.6 Å². The van der Waals surface area contributed by atoms with E-state index >= 15 is 0 Å². The van der Waals surface area contributed by atoms with Crippen molar-refractivity contribution in [2.45, 2.75) is 0 Å². The highest BCUT2D eigenvalue weighted by Gasteiger charge is 2.06. The van der Waals surface area contributed by atoms with E-state index in [9.17, 15) is 4.39 Å². The fraction of sp³-hybridized carbons (Fsp3) is 0.0909. The lowest BCUT2D eigenvalue weighted by atomic mass is 10.3. The van der Waals surface area contributed by atoms with Crippen LogP contribution in [0, 0.1) is 5.82 Å². The number of benzene rings is 1. The fourth-order valence-electron chi connectivity index (χ4n) is 1.32. The summed E-state index contributed by atoms with van der Waals surface area (Å²) in [5, 5.41) is 0. The van der Waals surface area contributed by atoms with Gasteiger partial charge in [0.15, 0.2) is 5.82 Å². The molecule has 2 N–H and O–H groups in total. The molecule has 1 aromatic carbocycles. The first-order valence-electron chi connectivity index (χ1n) is 4.73. The molecule has 4 nitrogen and oxygen atoms in total. The molecule has 0 aliphatic carbocycles. The number of hydrogen-bond donors (Lipinski definition) is 1. The molecule has 5 heteroatoms. The van der Waals surface area contributed by atoms with Gasteiger partial charge in [-0.1, -0.05) is 6.07 Å². The first-order chi connectivity index (χ1) is 7.66.